The van der Waals surface area contributed by atoms with Crippen molar-refractivity contribution in [2.45, 2.75) is 11.2 Å². The molecule has 18 heavy (non-hydrogen) atoms. The largest absolute Gasteiger partial charge is 0.0843 e. The molecule has 0 N–H and O–H groups in total. The van der Waals surface area contributed by atoms with Crippen molar-refractivity contribution in [1.29, 1.82) is 0 Å². The Hall–Kier alpha value is -0.210. The number of benzene rings is 2. The number of alkyl halides is 1. The van der Waals surface area contributed by atoms with Gasteiger partial charge >= 0.3 is 0 Å². The Morgan fingerprint density at radius 1 is 0.889 bits per heavy atom. The average Bonchev–Trinajstić information content (AvgIpc) is 2.32. The maximum atomic E-state index is 6.18. The molecular weight excluding hydrogens is 354 g/mol. The van der Waals surface area contributed by atoms with Crippen LogP contribution in [0.15, 0.2) is 42.5 Å². The zero-order valence-corrected chi connectivity index (χ0v) is 13.2. The van der Waals surface area contributed by atoms with E-state index in [9.17, 15) is 0 Å². The lowest BCUT2D eigenvalue weighted by Crippen LogP contribution is -1.97. The van der Waals surface area contributed by atoms with Gasteiger partial charge < -0.3 is 0 Å². The van der Waals surface area contributed by atoms with Crippen LogP contribution < -0.4 is 0 Å². The summed E-state index contributed by atoms with van der Waals surface area (Å²) in [6.45, 7) is 0. The smallest absolute Gasteiger partial charge is 0.0465 e. The van der Waals surface area contributed by atoms with Crippen LogP contribution in [-0.4, -0.2) is 0 Å². The van der Waals surface area contributed by atoms with E-state index in [1.54, 1.807) is 0 Å². The monoisotopic (exact) mass is 362 g/mol. The summed E-state index contributed by atoms with van der Waals surface area (Å²) < 4.78 is 0. The molecule has 0 aromatic heterocycles. The SMILES string of the molecule is Clc1ccc(CC(Br)c2c(Cl)cccc2Cl)cc1. The second-order valence-electron chi connectivity index (χ2n) is 3.93. The first-order valence-corrected chi connectivity index (χ1v) is 7.45. The molecule has 0 amide bonds. The lowest BCUT2D eigenvalue weighted by molar-refractivity contribution is 0.949. The minimum absolute atomic E-state index is 0.0832. The molecule has 0 aliphatic carbocycles. The molecule has 1 unspecified atom stereocenters. The molecule has 0 saturated heterocycles. The summed E-state index contributed by atoms with van der Waals surface area (Å²) in [6, 6.07) is 13.3. The van der Waals surface area contributed by atoms with Crippen molar-refractivity contribution in [2.75, 3.05) is 0 Å². The first-order chi connectivity index (χ1) is 8.58. The van der Waals surface area contributed by atoms with Crippen molar-refractivity contribution in [3.05, 3.63) is 68.7 Å². The van der Waals surface area contributed by atoms with Crippen molar-refractivity contribution in [2.24, 2.45) is 0 Å². The summed E-state index contributed by atoms with van der Waals surface area (Å²) in [7, 11) is 0. The Balaban J connectivity index is 2.22. The fourth-order valence-electron chi connectivity index (χ4n) is 1.74. The van der Waals surface area contributed by atoms with Gasteiger partial charge in [0.05, 0.1) is 0 Å². The van der Waals surface area contributed by atoms with E-state index in [-0.39, 0.29) is 4.83 Å². The normalized spacial score (nSPS) is 12.4. The van der Waals surface area contributed by atoms with Crippen LogP contribution in [0.3, 0.4) is 0 Å². The second kappa shape index (κ2) is 6.29. The summed E-state index contributed by atoms with van der Waals surface area (Å²) in [5.74, 6) is 0. The van der Waals surface area contributed by atoms with Crippen molar-refractivity contribution in [3.63, 3.8) is 0 Å². The predicted molar refractivity (Wildman–Crippen MR) is 83.3 cm³/mol. The van der Waals surface area contributed by atoms with Gasteiger partial charge in [0.25, 0.3) is 0 Å². The Morgan fingerprint density at radius 2 is 1.44 bits per heavy atom. The van der Waals surface area contributed by atoms with E-state index in [0.717, 1.165) is 17.0 Å². The Bertz CT molecular complexity index is 517. The third-order valence-corrected chi connectivity index (χ3v) is 4.33. The highest BCUT2D eigenvalue weighted by atomic mass is 79.9. The van der Waals surface area contributed by atoms with Crippen LogP contribution in [0.25, 0.3) is 0 Å². The standard InChI is InChI=1S/C14H10BrCl3/c15-11(8-9-4-6-10(16)7-5-9)14-12(17)2-1-3-13(14)18/h1-7,11H,8H2. The van der Waals surface area contributed by atoms with Crippen LogP contribution in [0.1, 0.15) is 16.0 Å². The molecular formula is C14H10BrCl3. The molecule has 0 bridgehead atoms. The highest BCUT2D eigenvalue weighted by molar-refractivity contribution is 9.09. The lowest BCUT2D eigenvalue weighted by Gasteiger charge is -2.14. The Labute approximate surface area is 130 Å². The molecule has 0 radical (unpaired) electrons. The van der Waals surface area contributed by atoms with Gasteiger partial charge in [-0.05, 0) is 36.2 Å². The molecule has 1 atom stereocenters. The minimum atomic E-state index is 0.0832. The number of halogens is 4. The first-order valence-electron chi connectivity index (χ1n) is 5.40. The number of hydrogen-bond donors (Lipinski definition) is 0. The van der Waals surface area contributed by atoms with Crippen LogP contribution in [0.2, 0.25) is 15.1 Å². The van der Waals surface area contributed by atoms with Crippen LogP contribution in [0.4, 0.5) is 0 Å². The van der Waals surface area contributed by atoms with Gasteiger partial charge in [0.1, 0.15) is 0 Å². The summed E-state index contributed by atoms with van der Waals surface area (Å²) in [4.78, 5) is 0.0832. The molecule has 0 aliphatic heterocycles. The molecule has 0 fully saturated rings. The van der Waals surface area contributed by atoms with Crippen molar-refractivity contribution in [3.8, 4) is 0 Å². The van der Waals surface area contributed by atoms with Crippen molar-refractivity contribution >= 4 is 50.7 Å². The third-order valence-electron chi connectivity index (χ3n) is 2.64. The highest BCUT2D eigenvalue weighted by Crippen LogP contribution is 2.37. The van der Waals surface area contributed by atoms with Crippen LogP contribution in [0, 0.1) is 0 Å². The molecule has 0 saturated carbocycles. The average molecular weight is 364 g/mol. The topological polar surface area (TPSA) is 0 Å². The molecule has 2 aromatic rings. The molecule has 4 heteroatoms. The molecule has 0 aliphatic rings. The van der Waals surface area contributed by atoms with E-state index < -0.39 is 0 Å². The zero-order valence-electron chi connectivity index (χ0n) is 9.34. The van der Waals surface area contributed by atoms with Gasteiger partial charge in [0.2, 0.25) is 0 Å². The van der Waals surface area contributed by atoms with Crippen molar-refractivity contribution < 1.29 is 0 Å². The molecule has 2 aromatic carbocycles. The fraction of sp³-hybridized carbons (Fsp3) is 0.143. The van der Waals surface area contributed by atoms with Gasteiger partial charge in [-0.15, -0.1) is 0 Å². The molecule has 0 nitrogen and oxygen atoms in total. The van der Waals surface area contributed by atoms with Gasteiger partial charge in [0, 0.05) is 25.5 Å². The number of rotatable bonds is 3. The van der Waals surface area contributed by atoms with E-state index in [2.05, 4.69) is 15.9 Å². The van der Waals surface area contributed by atoms with Gasteiger partial charge in [0.15, 0.2) is 0 Å². The van der Waals surface area contributed by atoms with E-state index >= 15 is 0 Å². The summed E-state index contributed by atoms with van der Waals surface area (Å²) in [5.41, 5.74) is 2.10. The van der Waals surface area contributed by atoms with Gasteiger partial charge in [-0.1, -0.05) is 68.9 Å². The van der Waals surface area contributed by atoms with E-state index in [0.29, 0.717) is 10.0 Å². The molecule has 94 valence electrons. The molecule has 0 spiro atoms. The highest BCUT2D eigenvalue weighted by Gasteiger charge is 2.15. The Kier molecular flexibility index (Phi) is 4.97. The molecule has 0 heterocycles. The summed E-state index contributed by atoms with van der Waals surface area (Å²) in [5, 5.41) is 2.09. The van der Waals surface area contributed by atoms with E-state index in [4.69, 9.17) is 34.8 Å². The molecule has 2 rings (SSSR count). The van der Waals surface area contributed by atoms with E-state index in [1.165, 1.54) is 5.56 Å². The lowest BCUT2D eigenvalue weighted by atomic mass is 10.0. The minimum Gasteiger partial charge on any atom is -0.0843 e. The van der Waals surface area contributed by atoms with Crippen molar-refractivity contribution in [1.82, 2.24) is 0 Å². The summed E-state index contributed by atoms with van der Waals surface area (Å²) in [6.07, 6.45) is 0.806. The van der Waals surface area contributed by atoms with Crippen LogP contribution in [0.5, 0.6) is 0 Å². The van der Waals surface area contributed by atoms with Gasteiger partial charge in [-0.2, -0.15) is 0 Å². The first kappa shape index (κ1) is 14.2. The predicted octanol–water partition coefficient (Wildman–Crippen LogP) is 6.33. The summed E-state index contributed by atoms with van der Waals surface area (Å²) >= 11 is 21.9. The van der Waals surface area contributed by atoms with Gasteiger partial charge in [-0.3, -0.25) is 0 Å². The maximum absolute atomic E-state index is 6.18. The quantitative estimate of drug-likeness (QED) is 0.559. The van der Waals surface area contributed by atoms with Crippen LogP contribution >= 0.6 is 50.7 Å². The second-order valence-corrected chi connectivity index (χ2v) is 6.29. The Morgan fingerprint density at radius 3 is 2.00 bits per heavy atom. The zero-order chi connectivity index (χ0) is 13.1. The van der Waals surface area contributed by atoms with Gasteiger partial charge in [-0.25, -0.2) is 0 Å². The fourth-order valence-corrected chi connectivity index (χ4v) is 3.66. The third kappa shape index (κ3) is 3.42. The van der Waals surface area contributed by atoms with Crippen LogP contribution in [-0.2, 0) is 6.42 Å². The van der Waals surface area contributed by atoms with E-state index in [1.807, 2.05) is 42.5 Å². The number of hydrogen-bond acceptors (Lipinski definition) is 0. The maximum Gasteiger partial charge on any atom is 0.0465 e.